The number of rotatable bonds is 6. The molecule has 132 valence electrons. The smallest absolute Gasteiger partial charge is 0.287 e. The van der Waals surface area contributed by atoms with Crippen LogP contribution in [0.4, 0.5) is 0 Å². The van der Waals surface area contributed by atoms with Gasteiger partial charge in [-0.25, -0.2) is 0 Å². The maximum atomic E-state index is 12.1. The number of hydrazine groups is 1. The van der Waals surface area contributed by atoms with E-state index in [4.69, 9.17) is 0 Å². The number of amides is 2. The first kappa shape index (κ1) is 17.6. The topological polar surface area (TPSA) is 104 Å². The lowest BCUT2D eigenvalue weighted by atomic mass is 10.1. The van der Waals surface area contributed by atoms with Gasteiger partial charge in [-0.2, -0.15) is 5.10 Å². The highest BCUT2D eigenvalue weighted by atomic mass is 32.1. The number of aromatic nitrogens is 2. The van der Waals surface area contributed by atoms with Crippen molar-refractivity contribution in [3.63, 3.8) is 0 Å². The molecule has 26 heavy (non-hydrogen) atoms. The van der Waals surface area contributed by atoms with Gasteiger partial charge in [0.05, 0.1) is 10.6 Å². The molecule has 2 heterocycles. The zero-order valence-corrected chi connectivity index (χ0v) is 14.5. The van der Waals surface area contributed by atoms with Crippen molar-refractivity contribution in [3.8, 4) is 11.3 Å². The molecule has 0 atom stereocenters. The van der Waals surface area contributed by atoms with Crippen molar-refractivity contribution in [2.45, 2.75) is 12.8 Å². The lowest BCUT2D eigenvalue weighted by Crippen LogP contribution is -2.41. The zero-order valence-electron chi connectivity index (χ0n) is 13.7. The molecule has 0 saturated carbocycles. The van der Waals surface area contributed by atoms with E-state index in [0.717, 1.165) is 5.56 Å². The Kier molecular flexibility index (Phi) is 5.55. The second-order valence-corrected chi connectivity index (χ2v) is 6.38. The molecule has 0 saturated heterocycles. The van der Waals surface area contributed by atoms with Crippen LogP contribution in [0.3, 0.4) is 0 Å². The van der Waals surface area contributed by atoms with Crippen LogP contribution in [0.5, 0.6) is 0 Å². The van der Waals surface area contributed by atoms with Crippen LogP contribution in [0.25, 0.3) is 11.3 Å². The molecule has 0 spiro atoms. The number of nitrogens with one attached hydrogen (secondary N) is 3. The number of carbonyl (C=O) groups excluding carboxylic acids is 3. The van der Waals surface area contributed by atoms with Crippen molar-refractivity contribution in [2.75, 3.05) is 0 Å². The SMILES string of the molecule is O=C(CCC(=O)c1cccs1)NNC(=O)c1cc(-c2ccccc2)n[nH]1. The fourth-order valence-electron chi connectivity index (χ4n) is 2.24. The van der Waals surface area contributed by atoms with E-state index in [1.54, 1.807) is 18.2 Å². The maximum Gasteiger partial charge on any atom is 0.287 e. The van der Waals surface area contributed by atoms with E-state index < -0.39 is 11.8 Å². The first-order chi connectivity index (χ1) is 12.6. The normalized spacial score (nSPS) is 10.3. The van der Waals surface area contributed by atoms with Gasteiger partial charge in [0.15, 0.2) is 5.78 Å². The summed E-state index contributed by atoms with van der Waals surface area (Å²) in [6.45, 7) is 0. The molecule has 1 aromatic carbocycles. The first-order valence-corrected chi connectivity index (χ1v) is 8.78. The molecule has 2 aromatic heterocycles. The summed E-state index contributed by atoms with van der Waals surface area (Å²) in [5.41, 5.74) is 6.32. The summed E-state index contributed by atoms with van der Waals surface area (Å²) in [6.07, 6.45) is 0.0830. The average Bonchev–Trinajstić information content (AvgIpc) is 3.37. The molecule has 0 unspecified atom stereocenters. The molecule has 3 aromatic rings. The first-order valence-electron chi connectivity index (χ1n) is 7.90. The summed E-state index contributed by atoms with van der Waals surface area (Å²) in [6, 6.07) is 14.5. The van der Waals surface area contributed by atoms with Crippen molar-refractivity contribution in [1.82, 2.24) is 21.0 Å². The number of Topliss-reactive ketones (excluding diaryl/α,β-unsaturated/α-hetero) is 1. The third-order valence-electron chi connectivity index (χ3n) is 3.58. The Bertz CT molecular complexity index is 904. The Morgan fingerprint density at radius 3 is 2.54 bits per heavy atom. The second kappa shape index (κ2) is 8.21. The van der Waals surface area contributed by atoms with Gasteiger partial charge in [0, 0.05) is 18.4 Å². The predicted octanol–water partition coefficient (Wildman–Crippen LogP) is 2.56. The molecular formula is C18H16N4O3S. The summed E-state index contributed by atoms with van der Waals surface area (Å²) in [5, 5.41) is 8.52. The van der Waals surface area contributed by atoms with E-state index in [2.05, 4.69) is 21.0 Å². The maximum absolute atomic E-state index is 12.1. The Morgan fingerprint density at radius 1 is 1.00 bits per heavy atom. The fraction of sp³-hybridized carbons (Fsp3) is 0.111. The van der Waals surface area contributed by atoms with Crippen LogP contribution in [-0.4, -0.2) is 27.8 Å². The number of benzene rings is 1. The van der Waals surface area contributed by atoms with Crippen molar-refractivity contribution in [1.29, 1.82) is 0 Å². The minimum Gasteiger partial charge on any atom is -0.293 e. The molecule has 0 aliphatic heterocycles. The standard InChI is InChI=1S/C18H16N4O3S/c23-15(16-7-4-10-26-16)8-9-17(24)21-22-18(25)14-11-13(19-20-14)12-5-2-1-3-6-12/h1-7,10-11H,8-9H2,(H,19,20)(H,21,24)(H,22,25). The van der Waals surface area contributed by atoms with Crippen LogP contribution in [0.15, 0.2) is 53.9 Å². The Hall–Kier alpha value is -3.26. The van der Waals surface area contributed by atoms with E-state index in [0.29, 0.717) is 10.6 Å². The largest absolute Gasteiger partial charge is 0.293 e. The minimum absolute atomic E-state index is 0.00471. The number of H-pyrrole nitrogens is 1. The molecule has 0 aliphatic carbocycles. The molecule has 2 amide bonds. The summed E-state index contributed by atoms with van der Waals surface area (Å²) in [4.78, 5) is 36.3. The highest BCUT2D eigenvalue weighted by Gasteiger charge is 2.13. The van der Waals surface area contributed by atoms with E-state index in [1.165, 1.54) is 11.3 Å². The predicted molar refractivity (Wildman–Crippen MR) is 97.5 cm³/mol. The Morgan fingerprint density at radius 2 is 1.81 bits per heavy atom. The number of carbonyl (C=O) groups is 3. The van der Waals surface area contributed by atoms with Crippen molar-refractivity contribution in [3.05, 3.63) is 64.5 Å². The van der Waals surface area contributed by atoms with Crippen LogP contribution < -0.4 is 10.9 Å². The molecule has 0 fully saturated rings. The van der Waals surface area contributed by atoms with Gasteiger partial charge in [-0.1, -0.05) is 36.4 Å². The van der Waals surface area contributed by atoms with E-state index in [1.807, 2.05) is 35.7 Å². The summed E-state index contributed by atoms with van der Waals surface area (Å²) in [5.74, 6) is -1.05. The number of aromatic amines is 1. The lowest BCUT2D eigenvalue weighted by molar-refractivity contribution is -0.121. The van der Waals surface area contributed by atoms with Gasteiger partial charge in [-0.3, -0.25) is 30.3 Å². The van der Waals surface area contributed by atoms with E-state index in [-0.39, 0.29) is 24.3 Å². The van der Waals surface area contributed by atoms with Gasteiger partial charge < -0.3 is 0 Å². The number of thiophene rings is 1. The quantitative estimate of drug-likeness (QED) is 0.459. The molecule has 3 rings (SSSR count). The van der Waals surface area contributed by atoms with Crippen LogP contribution in [-0.2, 0) is 4.79 Å². The van der Waals surface area contributed by atoms with Gasteiger partial charge in [-0.05, 0) is 17.5 Å². The van der Waals surface area contributed by atoms with Crippen LogP contribution in [0.2, 0.25) is 0 Å². The van der Waals surface area contributed by atoms with Crippen LogP contribution in [0, 0.1) is 0 Å². The average molecular weight is 368 g/mol. The molecule has 0 aliphatic rings. The molecule has 8 heteroatoms. The molecule has 0 bridgehead atoms. The van der Waals surface area contributed by atoms with Gasteiger partial charge in [0.25, 0.3) is 5.91 Å². The zero-order chi connectivity index (χ0) is 18.4. The van der Waals surface area contributed by atoms with Gasteiger partial charge in [-0.15, -0.1) is 11.3 Å². The molecule has 0 radical (unpaired) electrons. The number of hydrogen-bond acceptors (Lipinski definition) is 5. The van der Waals surface area contributed by atoms with Crippen molar-refractivity contribution in [2.24, 2.45) is 0 Å². The highest BCUT2D eigenvalue weighted by Crippen LogP contribution is 2.16. The number of ketones is 1. The third kappa shape index (κ3) is 4.42. The van der Waals surface area contributed by atoms with Gasteiger partial charge in [0.2, 0.25) is 5.91 Å². The van der Waals surface area contributed by atoms with Crippen LogP contribution >= 0.6 is 11.3 Å². The van der Waals surface area contributed by atoms with Gasteiger partial charge >= 0.3 is 0 Å². The monoisotopic (exact) mass is 368 g/mol. The van der Waals surface area contributed by atoms with Gasteiger partial charge in [0.1, 0.15) is 5.69 Å². The van der Waals surface area contributed by atoms with E-state index in [9.17, 15) is 14.4 Å². The minimum atomic E-state index is -0.516. The molecule has 3 N–H and O–H groups in total. The Labute approximate surface area is 153 Å². The second-order valence-electron chi connectivity index (χ2n) is 5.44. The molecular weight excluding hydrogens is 352 g/mol. The number of nitrogens with zero attached hydrogens (tertiary/aromatic N) is 1. The summed E-state index contributed by atoms with van der Waals surface area (Å²) >= 11 is 1.34. The fourth-order valence-corrected chi connectivity index (χ4v) is 2.93. The lowest BCUT2D eigenvalue weighted by Gasteiger charge is -2.05. The Balaban J connectivity index is 1.47. The third-order valence-corrected chi connectivity index (χ3v) is 4.49. The molecule has 7 nitrogen and oxygen atoms in total. The van der Waals surface area contributed by atoms with Crippen molar-refractivity contribution < 1.29 is 14.4 Å². The van der Waals surface area contributed by atoms with Crippen molar-refractivity contribution >= 4 is 28.9 Å². The summed E-state index contributed by atoms with van der Waals surface area (Å²) in [7, 11) is 0. The van der Waals surface area contributed by atoms with Crippen LogP contribution in [0.1, 0.15) is 33.0 Å². The number of hydrogen-bond donors (Lipinski definition) is 3. The highest BCUT2D eigenvalue weighted by molar-refractivity contribution is 7.12. The summed E-state index contributed by atoms with van der Waals surface area (Å²) < 4.78 is 0. The van der Waals surface area contributed by atoms with E-state index >= 15 is 0 Å².